The number of carbonyl (C=O) groups is 1. The maximum Gasteiger partial charge on any atom is 0.305 e. The summed E-state index contributed by atoms with van der Waals surface area (Å²) in [5.74, 6) is -0.0949. The maximum absolute atomic E-state index is 11.1. The van der Waals surface area contributed by atoms with Crippen LogP contribution in [0.15, 0.2) is 0 Å². The first kappa shape index (κ1) is 14.4. The van der Waals surface area contributed by atoms with Crippen molar-refractivity contribution in [2.45, 2.75) is 51.9 Å². The van der Waals surface area contributed by atoms with Crippen molar-refractivity contribution < 1.29 is 14.3 Å². The molecule has 0 atom stereocenters. The number of rotatable bonds is 10. The van der Waals surface area contributed by atoms with E-state index in [0.29, 0.717) is 19.6 Å². The predicted octanol–water partition coefficient (Wildman–Crippen LogP) is 2.93. The van der Waals surface area contributed by atoms with Gasteiger partial charge in [-0.25, -0.2) is 0 Å². The Hall–Kier alpha value is -0.570. The third-order valence-electron chi connectivity index (χ3n) is 2.28. The molecule has 15 heavy (non-hydrogen) atoms. The van der Waals surface area contributed by atoms with Crippen LogP contribution in [-0.4, -0.2) is 26.3 Å². The van der Waals surface area contributed by atoms with Gasteiger partial charge in [0.15, 0.2) is 0 Å². The lowest BCUT2D eigenvalue weighted by atomic mass is 10.1. The van der Waals surface area contributed by atoms with Gasteiger partial charge in [-0.1, -0.05) is 39.0 Å². The monoisotopic (exact) mass is 216 g/mol. The van der Waals surface area contributed by atoms with E-state index >= 15 is 0 Å². The molecule has 0 saturated carbocycles. The molecule has 3 nitrogen and oxygen atoms in total. The minimum Gasteiger partial charge on any atom is -0.463 e. The van der Waals surface area contributed by atoms with E-state index in [0.717, 1.165) is 12.8 Å². The molecule has 0 unspecified atom stereocenters. The van der Waals surface area contributed by atoms with E-state index in [4.69, 9.17) is 9.47 Å². The molecule has 0 aromatic carbocycles. The average molecular weight is 216 g/mol. The molecule has 0 fully saturated rings. The van der Waals surface area contributed by atoms with Crippen LogP contribution in [0.25, 0.3) is 0 Å². The van der Waals surface area contributed by atoms with Gasteiger partial charge in [0.2, 0.25) is 0 Å². The highest BCUT2D eigenvalue weighted by molar-refractivity contribution is 5.69. The van der Waals surface area contributed by atoms with Gasteiger partial charge < -0.3 is 9.47 Å². The summed E-state index contributed by atoms with van der Waals surface area (Å²) in [6, 6.07) is 0. The molecule has 0 aromatic heterocycles. The van der Waals surface area contributed by atoms with Crippen molar-refractivity contribution in [2.24, 2.45) is 0 Å². The fraction of sp³-hybridized carbons (Fsp3) is 0.917. The summed E-state index contributed by atoms with van der Waals surface area (Å²) in [7, 11) is 1.60. The summed E-state index contributed by atoms with van der Waals surface area (Å²) in [6.07, 6.45) is 7.73. The molecule has 0 amide bonds. The highest BCUT2D eigenvalue weighted by Crippen LogP contribution is 2.07. The average Bonchev–Trinajstić information content (AvgIpc) is 2.23. The van der Waals surface area contributed by atoms with Crippen molar-refractivity contribution >= 4 is 5.97 Å². The SMILES string of the molecule is CCCCCCCCC(=O)OCCOC. The quantitative estimate of drug-likeness (QED) is 0.416. The third-order valence-corrected chi connectivity index (χ3v) is 2.28. The highest BCUT2D eigenvalue weighted by Gasteiger charge is 2.01. The van der Waals surface area contributed by atoms with Crippen LogP contribution in [0.5, 0.6) is 0 Å². The summed E-state index contributed by atoms with van der Waals surface area (Å²) in [5, 5.41) is 0. The summed E-state index contributed by atoms with van der Waals surface area (Å²) in [6.45, 7) is 3.07. The topological polar surface area (TPSA) is 35.5 Å². The van der Waals surface area contributed by atoms with Gasteiger partial charge in [0.05, 0.1) is 6.61 Å². The third kappa shape index (κ3) is 11.4. The lowest BCUT2D eigenvalue weighted by molar-refractivity contribution is -0.145. The summed E-state index contributed by atoms with van der Waals surface area (Å²) < 4.78 is 9.73. The molecule has 0 aliphatic carbocycles. The number of hydrogen-bond donors (Lipinski definition) is 0. The number of hydrogen-bond acceptors (Lipinski definition) is 3. The Balaban J connectivity index is 3.10. The first-order valence-corrected chi connectivity index (χ1v) is 5.95. The second-order valence-electron chi connectivity index (χ2n) is 3.73. The molecular formula is C12H24O3. The second-order valence-corrected chi connectivity index (χ2v) is 3.73. The fourth-order valence-electron chi connectivity index (χ4n) is 1.36. The minimum absolute atomic E-state index is 0.0949. The van der Waals surface area contributed by atoms with Crippen molar-refractivity contribution in [3.05, 3.63) is 0 Å². The summed E-state index contributed by atoms with van der Waals surface area (Å²) in [4.78, 5) is 11.1. The van der Waals surface area contributed by atoms with Gasteiger partial charge in [0.25, 0.3) is 0 Å². The molecule has 0 aliphatic heterocycles. The van der Waals surface area contributed by atoms with E-state index in [9.17, 15) is 4.79 Å². The van der Waals surface area contributed by atoms with Crippen molar-refractivity contribution in [1.82, 2.24) is 0 Å². The van der Waals surface area contributed by atoms with Crippen LogP contribution in [0.2, 0.25) is 0 Å². The Labute approximate surface area is 93.1 Å². The van der Waals surface area contributed by atoms with Gasteiger partial charge in [-0.15, -0.1) is 0 Å². The van der Waals surface area contributed by atoms with Crippen molar-refractivity contribution in [1.29, 1.82) is 0 Å². The summed E-state index contributed by atoms with van der Waals surface area (Å²) in [5.41, 5.74) is 0. The van der Waals surface area contributed by atoms with Gasteiger partial charge in [0.1, 0.15) is 6.61 Å². The zero-order valence-electron chi connectivity index (χ0n) is 10.1. The van der Waals surface area contributed by atoms with Crippen LogP contribution >= 0.6 is 0 Å². The second kappa shape index (κ2) is 11.5. The molecule has 0 N–H and O–H groups in total. The van der Waals surface area contributed by atoms with Crippen molar-refractivity contribution in [3.8, 4) is 0 Å². The molecule has 0 heterocycles. The van der Waals surface area contributed by atoms with Crippen LogP contribution in [-0.2, 0) is 14.3 Å². The zero-order valence-corrected chi connectivity index (χ0v) is 10.1. The van der Waals surface area contributed by atoms with Gasteiger partial charge >= 0.3 is 5.97 Å². The number of unbranched alkanes of at least 4 members (excludes halogenated alkanes) is 5. The standard InChI is InChI=1S/C12H24O3/c1-3-4-5-6-7-8-9-12(13)15-11-10-14-2/h3-11H2,1-2H3. The van der Waals surface area contributed by atoms with Gasteiger partial charge in [-0.3, -0.25) is 4.79 Å². The Morgan fingerprint density at radius 2 is 1.67 bits per heavy atom. The molecule has 90 valence electrons. The number of ether oxygens (including phenoxy) is 2. The van der Waals surface area contributed by atoms with Crippen molar-refractivity contribution in [3.63, 3.8) is 0 Å². The predicted molar refractivity (Wildman–Crippen MR) is 60.8 cm³/mol. The largest absolute Gasteiger partial charge is 0.463 e. The van der Waals surface area contributed by atoms with E-state index < -0.39 is 0 Å². The van der Waals surface area contributed by atoms with Gasteiger partial charge in [-0.2, -0.15) is 0 Å². The molecule has 0 rings (SSSR count). The molecule has 0 aliphatic rings. The van der Waals surface area contributed by atoms with Crippen LogP contribution in [0, 0.1) is 0 Å². The normalized spacial score (nSPS) is 10.3. The molecule has 0 bridgehead atoms. The van der Waals surface area contributed by atoms with E-state index in [1.807, 2.05) is 0 Å². The fourth-order valence-corrected chi connectivity index (χ4v) is 1.36. The Kier molecular flexibility index (Phi) is 11.1. The molecule has 0 aromatic rings. The highest BCUT2D eigenvalue weighted by atomic mass is 16.6. The van der Waals surface area contributed by atoms with E-state index in [2.05, 4.69) is 6.92 Å². The molecule has 0 saturated heterocycles. The molecule has 0 spiro atoms. The maximum atomic E-state index is 11.1. The van der Waals surface area contributed by atoms with Crippen LogP contribution in [0.4, 0.5) is 0 Å². The minimum atomic E-state index is -0.0949. The zero-order chi connectivity index (χ0) is 11.4. The van der Waals surface area contributed by atoms with Crippen LogP contribution in [0.1, 0.15) is 51.9 Å². The molecular weight excluding hydrogens is 192 g/mol. The van der Waals surface area contributed by atoms with Gasteiger partial charge in [0, 0.05) is 13.5 Å². The Morgan fingerprint density at radius 3 is 2.33 bits per heavy atom. The molecule has 0 radical (unpaired) electrons. The smallest absolute Gasteiger partial charge is 0.305 e. The lowest BCUT2D eigenvalue weighted by Gasteiger charge is -2.03. The van der Waals surface area contributed by atoms with Crippen LogP contribution < -0.4 is 0 Å². The van der Waals surface area contributed by atoms with E-state index in [-0.39, 0.29) is 5.97 Å². The first-order valence-electron chi connectivity index (χ1n) is 5.95. The number of carbonyl (C=O) groups excluding carboxylic acids is 1. The first-order chi connectivity index (χ1) is 7.31. The Bertz CT molecular complexity index is 146. The Morgan fingerprint density at radius 1 is 1.00 bits per heavy atom. The summed E-state index contributed by atoms with van der Waals surface area (Å²) >= 11 is 0. The van der Waals surface area contributed by atoms with Gasteiger partial charge in [-0.05, 0) is 6.42 Å². The van der Waals surface area contributed by atoms with E-state index in [1.165, 1.54) is 25.7 Å². The lowest BCUT2D eigenvalue weighted by Crippen LogP contribution is -2.09. The molecule has 3 heteroatoms. The number of methoxy groups -OCH3 is 1. The van der Waals surface area contributed by atoms with E-state index in [1.54, 1.807) is 7.11 Å². The van der Waals surface area contributed by atoms with Crippen LogP contribution in [0.3, 0.4) is 0 Å². The number of esters is 1. The van der Waals surface area contributed by atoms with Crippen molar-refractivity contribution in [2.75, 3.05) is 20.3 Å².